The lowest BCUT2D eigenvalue weighted by Gasteiger charge is -2.40. The first-order valence-electron chi connectivity index (χ1n) is 8.92. The molecule has 2 aliphatic rings. The average molecular weight is 497 g/mol. The summed E-state index contributed by atoms with van der Waals surface area (Å²) in [6, 6.07) is 13.2. The van der Waals surface area contributed by atoms with E-state index >= 15 is 0 Å². The van der Waals surface area contributed by atoms with Crippen LogP contribution in [0.2, 0.25) is 5.02 Å². The maximum atomic E-state index is 12.4. The zero-order valence-electron chi connectivity index (χ0n) is 15.9. The van der Waals surface area contributed by atoms with Gasteiger partial charge in [0.25, 0.3) is 0 Å². The average Bonchev–Trinajstić information content (AvgIpc) is 3.10. The van der Waals surface area contributed by atoms with Gasteiger partial charge in [-0.2, -0.15) is 4.89 Å². The number of methoxy groups -OCH3 is 1. The lowest BCUT2D eigenvalue weighted by atomic mass is 9.77. The fourth-order valence-corrected chi connectivity index (χ4v) is 4.00. The molecular weight excluding hydrogens is 478 g/mol. The van der Waals surface area contributed by atoms with E-state index in [1.807, 2.05) is 12.1 Å². The van der Waals surface area contributed by atoms with Crippen LogP contribution in [0.5, 0.6) is 0 Å². The summed E-state index contributed by atoms with van der Waals surface area (Å²) >= 11 is 6.53. The van der Waals surface area contributed by atoms with Gasteiger partial charge < -0.3 is 15.2 Å². The fraction of sp³-hybridized carbons (Fsp3) is 0.238. The van der Waals surface area contributed by atoms with Crippen molar-refractivity contribution in [2.75, 3.05) is 7.11 Å². The number of ether oxygens (including phenoxy) is 2. The SMILES string of the molecule is Br.COC1=CC(=O)OC1C1(c2ccccc2Cl)OOC(=O)C(N)Cc2ccccc21. The molecule has 0 aromatic heterocycles. The highest BCUT2D eigenvalue weighted by molar-refractivity contribution is 8.93. The molecule has 2 aromatic rings. The van der Waals surface area contributed by atoms with Gasteiger partial charge in [0.05, 0.1) is 13.2 Å². The zero-order chi connectivity index (χ0) is 20.6. The van der Waals surface area contributed by atoms with Gasteiger partial charge in [-0.1, -0.05) is 54.1 Å². The van der Waals surface area contributed by atoms with Crippen LogP contribution in [0.4, 0.5) is 0 Å². The van der Waals surface area contributed by atoms with Crippen molar-refractivity contribution in [1.82, 2.24) is 0 Å². The van der Waals surface area contributed by atoms with Crippen molar-refractivity contribution in [3.8, 4) is 0 Å². The standard InChI is InChI=1S/C21H18ClNO6.BrH/c1-26-17-11-18(24)27-19(17)21(14-8-4-5-9-15(14)22)13-7-3-2-6-12(13)10-16(23)20(25)28-29-21;/h2-9,11,16,19H,10,23H2,1H3;1H. The molecule has 2 N–H and O–H groups in total. The molecule has 2 aromatic carbocycles. The Labute approximate surface area is 188 Å². The Bertz CT molecular complexity index is 1010. The highest BCUT2D eigenvalue weighted by atomic mass is 79.9. The van der Waals surface area contributed by atoms with Gasteiger partial charge in [-0.15, -0.1) is 17.0 Å². The summed E-state index contributed by atoms with van der Waals surface area (Å²) in [7, 11) is 1.41. The number of halogens is 2. The predicted molar refractivity (Wildman–Crippen MR) is 113 cm³/mol. The molecule has 158 valence electrons. The third kappa shape index (κ3) is 3.60. The second kappa shape index (κ2) is 8.77. The number of hydrogen-bond donors (Lipinski definition) is 1. The number of fused-ring (bicyclic) bond motifs is 1. The van der Waals surface area contributed by atoms with E-state index in [1.165, 1.54) is 13.2 Å². The van der Waals surface area contributed by atoms with Crippen LogP contribution in [0, 0.1) is 0 Å². The van der Waals surface area contributed by atoms with Gasteiger partial charge in [-0.3, -0.25) is 4.89 Å². The van der Waals surface area contributed by atoms with Gasteiger partial charge >= 0.3 is 11.9 Å². The molecule has 0 saturated carbocycles. The first-order chi connectivity index (χ1) is 14.0. The second-order valence-electron chi connectivity index (χ2n) is 6.74. The Morgan fingerprint density at radius 3 is 2.47 bits per heavy atom. The van der Waals surface area contributed by atoms with Gasteiger partial charge in [0, 0.05) is 16.1 Å². The summed E-state index contributed by atoms with van der Waals surface area (Å²) in [5.41, 5.74) is 6.12. The molecule has 3 atom stereocenters. The van der Waals surface area contributed by atoms with Crippen LogP contribution in [0.25, 0.3) is 0 Å². The largest absolute Gasteiger partial charge is 0.497 e. The smallest absolute Gasteiger partial charge is 0.359 e. The molecule has 2 heterocycles. The first kappa shape index (κ1) is 22.3. The lowest BCUT2D eigenvalue weighted by Crippen LogP contribution is -2.49. The molecule has 0 amide bonds. The van der Waals surface area contributed by atoms with Crippen LogP contribution in [-0.4, -0.2) is 31.2 Å². The van der Waals surface area contributed by atoms with E-state index in [0.717, 1.165) is 5.56 Å². The number of cyclic esters (lactones) is 1. The minimum Gasteiger partial charge on any atom is -0.497 e. The topological polar surface area (TPSA) is 97.1 Å². The molecule has 0 bridgehead atoms. The molecule has 0 aliphatic carbocycles. The van der Waals surface area contributed by atoms with Gasteiger partial charge in [-0.25, -0.2) is 9.59 Å². The maximum absolute atomic E-state index is 12.4. The van der Waals surface area contributed by atoms with Gasteiger partial charge in [0.1, 0.15) is 11.8 Å². The molecule has 0 radical (unpaired) electrons. The van der Waals surface area contributed by atoms with E-state index in [-0.39, 0.29) is 29.2 Å². The van der Waals surface area contributed by atoms with E-state index in [0.29, 0.717) is 16.1 Å². The molecule has 0 spiro atoms. The summed E-state index contributed by atoms with van der Waals surface area (Å²) in [4.78, 5) is 35.4. The monoisotopic (exact) mass is 495 g/mol. The molecule has 3 unspecified atom stereocenters. The van der Waals surface area contributed by atoms with Crippen molar-refractivity contribution in [3.05, 3.63) is 82.1 Å². The van der Waals surface area contributed by atoms with E-state index < -0.39 is 29.7 Å². The number of carbonyl (C=O) groups is 2. The second-order valence-corrected chi connectivity index (χ2v) is 7.14. The number of esters is 1. The Morgan fingerprint density at radius 2 is 1.77 bits per heavy atom. The fourth-order valence-electron chi connectivity index (χ4n) is 3.72. The highest BCUT2D eigenvalue weighted by Crippen LogP contribution is 2.47. The molecule has 2 aliphatic heterocycles. The number of hydrogen-bond acceptors (Lipinski definition) is 7. The lowest BCUT2D eigenvalue weighted by molar-refractivity contribution is -0.344. The summed E-state index contributed by atoms with van der Waals surface area (Å²) in [6.45, 7) is 0. The number of carbonyl (C=O) groups excluding carboxylic acids is 2. The molecule has 7 nitrogen and oxygen atoms in total. The molecule has 9 heteroatoms. The van der Waals surface area contributed by atoms with E-state index in [2.05, 4.69) is 0 Å². The van der Waals surface area contributed by atoms with Crippen LogP contribution in [0.1, 0.15) is 16.7 Å². The molecule has 0 fully saturated rings. The minimum absolute atomic E-state index is 0. The molecule has 0 saturated heterocycles. The van der Waals surface area contributed by atoms with Crippen LogP contribution < -0.4 is 5.73 Å². The van der Waals surface area contributed by atoms with E-state index in [9.17, 15) is 9.59 Å². The van der Waals surface area contributed by atoms with Crippen molar-refractivity contribution in [2.24, 2.45) is 5.73 Å². The van der Waals surface area contributed by atoms with Gasteiger partial charge in [-0.05, 0) is 18.1 Å². The van der Waals surface area contributed by atoms with Crippen molar-refractivity contribution in [2.45, 2.75) is 24.2 Å². The molecule has 30 heavy (non-hydrogen) atoms. The van der Waals surface area contributed by atoms with E-state index in [1.54, 1.807) is 36.4 Å². The number of benzene rings is 2. The molecule has 4 rings (SSSR count). The summed E-state index contributed by atoms with van der Waals surface area (Å²) in [6.07, 6.45) is 0.349. The molecular formula is C21H19BrClNO6. The third-order valence-electron chi connectivity index (χ3n) is 5.05. The van der Waals surface area contributed by atoms with Crippen molar-refractivity contribution in [3.63, 3.8) is 0 Å². The maximum Gasteiger partial charge on any atom is 0.359 e. The third-order valence-corrected chi connectivity index (χ3v) is 5.38. The normalized spacial score (nSPS) is 25.6. The van der Waals surface area contributed by atoms with E-state index in [4.69, 9.17) is 36.6 Å². The Morgan fingerprint density at radius 1 is 1.10 bits per heavy atom. The quantitative estimate of drug-likeness (QED) is 0.515. The van der Waals surface area contributed by atoms with Gasteiger partial charge in [0.2, 0.25) is 11.7 Å². The van der Waals surface area contributed by atoms with Gasteiger partial charge in [0.15, 0.2) is 0 Å². The zero-order valence-corrected chi connectivity index (χ0v) is 18.3. The van der Waals surface area contributed by atoms with Crippen molar-refractivity contribution >= 4 is 40.5 Å². The Balaban J connectivity index is 0.00000256. The van der Waals surface area contributed by atoms with Crippen LogP contribution in [-0.2, 0) is 40.9 Å². The van der Waals surface area contributed by atoms with Crippen LogP contribution >= 0.6 is 28.6 Å². The highest BCUT2D eigenvalue weighted by Gasteiger charge is 2.56. The number of nitrogens with two attached hydrogens (primary N) is 1. The summed E-state index contributed by atoms with van der Waals surface area (Å²) < 4.78 is 11.0. The van der Waals surface area contributed by atoms with Crippen LogP contribution in [0.3, 0.4) is 0 Å². The van der Waals surface area contributed by atoms with Crippen LogP contribution in [0.15, 0.2) is 60.4 Å². The number of rotatable bonds is 3. The summed E-state index contributed by atoms with van der Waals surface area (Å²) in [5, 5.41) is 0.335. The Kier molecular flexibility index (Phi) is 6.52. The van der Waals surface area contributed by atoms with Crippen molar-refractivity contribution in [1.29, 1.82) is 0 Å². The predicted octanol–water partition coefficient (Wildman–Crippen LogP) is 2.98. The minimum atomic E-state index is -1.60. The first-order valence-corrected chi connectivity index (χ1v) is 9.30. The summed E-state index contributed by atoms with van der Waals surface area (Å²) in [5.74, 6) is -1.14. The Hall–Kier alpha value is -2.39. The van der Waals surface area contributed by atoms with Crippen molar-refractivity contribution < 1.29 is 28.8 Å².